The second-order valence-electron chi connectivity index (χ2n) is 5.50. The molecule has 0 saturated heterocycles. The maximum atomic E-state index is 2.27. The summed E-state index contributed by atoms with van der Waals surface area (Å²) in [7, 11) is 2.11. The number of hydrogen-bond acceptors (Lipinski definition) is 0. The van der Waals surface area contributed by atoms with Gasteiger partial charge in [-0.1, -0.05) is 36.4 Å². The molecule has 0 aliphatic carbocycles. The average molecular weight is 273 g/mol. The standard InChI is InChI=1S/C19H17N2/c1-14-8-3-4-9-15(14)18-16-10-5-6-11-17(16)21-13-7-12-20(2)19(18)21/h3-13H,1-2H3/q+1. The molecule has 2 heterocycles. The van der Waals surface area contributed by atoms with Crippen molar-refractivity contribution in [1.29, 1.82) is 0 Å². The third-order valence-corrected chi connectivity index (χ3v) is 4.18. The molecule has 2 nitrogen and oxygen atoms in total. The van der Waals surface area contributed by atoms with Gasteiger partial charge in [0.25, 0.3) is 5.65 Å². The first-order chi connectivity index (χ1) is 10.3. The Morgan fingerprint density at radius 3 is 2.52 bits per heavy atom. The van der Waals surface area contributed by atoms with Crippen molar-refractivity contribution >= 4 is 16.6 Å². The van der Waals surface area contributed by atoms with Gasteiger partial charge < -0.3 is 0 Å². The molecule has 0 aliphatic rings. The van der Waals surface area contributed by atoms with Gasteiger partial charge in [-0.15, -0.1) is 0 Å². The smallest absolute Gasteiger partial charge is 0.236 e. The van der Waals surface area contributed by atoms with Crippen LogP contribution >= 0.6 is 0 Å². The largest absolute Gasteiger partial charge is 0.294 e. The van der Waals surface area contributed by atoms with E-state index in [0.717, 1.165) is 0 Å². The second-order valence-corrected chi connectivity index (χ2v) is 5.50. The second kappa shape index (κ2) is 4.45. The summed E-state index contributed by atoms with van der Waals surface area (Å²) >= 11 is 0. The number of hydrogen-bond donors (Lipinski definition) is 0. The van der Waals surface area contributed by atoms with Crippen LogP contribution in [-0.4, -0.2) is 4.40 Å². The van der Waals surface area contributed by atoms with Gasteiger partial charge >= 0.3 is 0 Å². The first kappa shape index (κ1) is 12.2. The van der Waals surface area contributed by atoms with Crippen LogP contribution in [0.3, 0.4) is 0 Å². The van der Waals surface area contributed by atoms with Crippen LogP contribution in [0.4, 0.5) is 0 Å². The summed E-state index contributed by atoms with van der Waals surface area (Å²) in [6.45, 7) is 2.18. The zero-order chi connectivity index (χ0) is 14.4. The SMILES string of the molecule is Cc1ccccc1-c1c2ccccc2n2ccc[n+](C)c12. The zero-order valence-electron chi connectivity index (χ0n) is 12.2. The van der Waals surface area contributed by atoms with E-state index in [0.29, 0.717) is 0 Å². The summed E-state index contributed by atoms with van der Waals surface area (Å²) in [5, 5.41) is 1.30. The zero-order valence-corrected chi connectivity index (χ0v) is 12.2. The monoisotopic (exact) mass is 273 g/mol. The Balaban J connectivity index is 2.28. The Bertz CT molecular complexity index is 964. The molecule has 2 heteroatoms. The molecule has 0 bridgehead atoms. The molecule has 2 aromatic heterocycles. The highest BCUT2D eigenvalue weighted by Gasteiger charge is 2.22. The van der Waals surface area contributed by atoms with Gasteiger partial charge in [0, 0.05) is 11.5 Å². The lowest BCUT2D eigenvalue weighted by molar-refractivity contribution is -0.647. The lowest BCUT2D eigenvalue weighted by atomic mass is 9.99. The number of benzene rings is 2. The van der Waals surface area contributed by atoms with E-state index in [1.54, 1.807) is 0 Å². The molecule has 21 heavy (non-hydrogen) atoms. The molecule has 0 radical (unpaired) electrons. The van der Waals surface area contributed by atoms with Gasteiger partial charge in [-0.2, -0.15) is 4.40 Å². The molecular weight excluding hydrogens is 256 g/mol. The van der Waals surface area contributed by atoms with E-state index in [1.807, 2.05) is 0 Å². The fourth-order valence-corrected chi connectivity index (χ4v) is 3.19. The number of aromatic nitrogens is 2. The van der Waals surface area contributed by atoms with Crippen molar-refractivity contribution in [3.05, 3.63) is 72.6 Å². The fraction of sp³-hybridized carbons (Fsp3) is 0.105. The van der Waals surface area contributed by atoms with E-state index in [9.17, 15) is 0 Å². The van der Waals surface area contributed by atoms with Gasteiger partial charge in [0.1, 0.15) is 11.7 Å². The molecule has 0 unspecified atom stereocenters. The highest BCUT2D eigenvalue weighted by molar-refractivity contribution is 6.04. The van der Waals surface area contributed by atoms with Crippen molar-refractivity contribution in [3.63, 3.8) is 0 Å². The van der Waals surface area contributed by atoms with Crippen molar-refractivity contribution in [3.8, 4) is 11.1 Å². The van der Waals surface area contributed by atoms with Crippen LogP contribution < -0.4 is 4.57 Å². The summed E-state index contributed by atoms with van der Waals surface area (Å²) < 4.78 is 4.47. The lowest BCUT2D eigenvalue weighted by Gasteiger charge is -2.04. The molecule has 0 saturated carbocycles. The van der Waals surface area contributed by atoms with Crippen LogP contribution in [0.2, 0.25) is 0 Å². The van der Waals surface area contributed by atoms with Crippen molar-refractivity contribution < 1.29 is 4.57 Å². The normalized spacial score (nSPS) is 11.3. The Hall–Kier alpha value is -2.61. The topological polar surface area (TPSA) is 8.29 Å². The molecule has 0 atom stereocenters. The molecule has 4 rings (SSSR count). The Morgan fingerprint density at radius 2 is 1.67 bits per heavy atom. The van der Waals surface area contributed by atoms with Crippen LogP contribution in [0.1, 0.15) is 5.56 Å². The van der Waals surface area contributed by atoms with Gasteiger partial charge in [-0.3, -0.25) is 0 Å². The summed E-state index contributed by atoms with van der Waals surface area (Å²) in [6, 6.07) is 19.3. The van der Waals surface area contributed by atoms with Gasteiger partial charge in [-0.25, -0.2) is 4.57 Å². The fourth-order valence-electron chi connectivity index (χ4n) is 3.19. The minimum Gasteiger partial charge on any atom is -0.236 e. The number of rotatable bonds is 1. The third kappa shape index (κ3) is 1.69. The first-order valence-electron chi connectivity index (χ1n) is 7.21. The number of para-hydroxylation sites is 1. The maximum Gasteiger partial charge on any atom is 0.294 e. The van der Waals surface area contributed by atoms with Crippen molar-refractivity contribution in [2.24, 2.45) is 7.05 Å². The molecule has 2 aromatic carbocycles. The molecule has 0 fully saturated rings. The summed E-state index contributed by atoms with van der Waals surface area (Å²) in [5.74, 6) is 0. The minimum absolute atomic E-state index is 1.23. The van der Waals surface area contributed by atoms with E-state index in [4.69, 9.17) is 0 Å². The third-order valence-electron chi connectivity index (χ3n) is 4.18. The predicted octanol–water partition coefficient (Wildman–Crippen LogP) is 3.89. The molecule has 0 spiro atoms. The van der Waals surface area contributed by atoms with Crippen LogP contribution in [-0.2, 0) is 7.05 Å². The number of fused-ring (bicyclic) bond motifs is 3. The number of aryl methyl sites for hydroxylation is 2. The number of nitrogens with zero attached hydrogens (tertiary/aromatic N) is 2. The van der Waals surface area contributed by atoms with Crippen LogP contribution in [0, 0.1) is 6.92 Å². The Morgan fingerprint density at radius 1 is 0.905 bits per heavy atom. The first-order valence-corrected chi connectivity index (χ1v) is 7.21. The molecule has 102 valence electrons. The summed E-state index contributed by atoms with van der Waals surface area (Å²) in [4.78, 5) is 0. The minimum atomic E-state index is 1.23. The molecule has 0 amide bonds. The molecular formula is C19H17N2+. The van der Waals surface area contributed by atoms with E-state index < -0.39 is 0 Å². The van der Waals surface area contributed by atoms with Gasteiger partial charge in [0.05, 0.1) is 18.8 Å². The average Bonchev–Trinajstić information content (AvgIpc) is 2.84. The maximum absolute atomic E-state index is 2.27. The van der Waals surface area contributed by atoms with Crippen LogP contribution in [0.15, 0.2) is 67.0 Å². The van der Waals surface area contributed by atoms with E-state index in [1.165, 1.54) is 33.2 Å². The molecule has 0 N–H and O–H groups in total. The van der Waals surface area contributed by atoms with Crippen molar-refractivity contribution in [1.82, 2.24) is 4.40 Å². The van der Waals surface area contributed by atoms with Crippen molar-refractivity contribution in [2.45, 2.75) is 6.92 Å². The quantitative estimate of drug-likeness (QED) is 0.465. The van der Waals surface area contributed by atoms with Crippen molar-refractivity contribution in [2.75, 3.05) is 0 Å². The van der Waals surface area contributed by atoms with E-state index in [-0.39, 0.29) is 0 Å². The Labute approximate surface area is 123 Å². The highest BCUT2D eigenvalue weighted by Crippen LogP contribution is 2.35. The molecule has 4 aromatic rings. The van der Waals surface area contributed by atoms with Crippen LogP contribution in [0.25, 0.3) is 27.7 Å². The van der Waals surface area contributed by atoms with Gasteiger partial charge in [0.2, 0.25) is 0 Å². The Kier molecular flexibility index (Phi) is 2.58. The van der Waals surface area contributed by atoms with E-state index in [2.05, 4.69) is 89.9 Å². The lowest BCUT2D eigenvalue weighted by Crippen LogP contribution is -2.29. The van der Waals surface area contributed by atoms with E-state index >= 15 is 0 Å². The predicted molar refractivity (Wildman–Crippen MR) is 86.3 cm³/mol. The molecule has 0 aliphatic heterocycles. The van der Waals surface area contributed by atoms with Gasteiger partial charge in [-0.05, 0) is 30.2 Å². The van der Waals surface area contributed by atoms with Crippen LogP contribution in [0.5, 0.6) is 0 Å². The van der Waals surface area contributed by atoms with Gasteiger partial charge in [0.15, 0.2) is 0 Å². The summed E-state index contributed by atoms with van der Waals surface area (Å²) in [5.41, 5.74) is 6.40. The summed E-state index contributed by atoms with van der Waals surface area (Å²) in [6.07, 6.45) is 4.25. The highest BCUT2D eigenvalue weighted by atomic mass is 15.1.